The van der Waals surface area contributed by atoms with Crippen LogP contribution >= 0.6 is 0 Å². The number of hydrogen-bond acceptors (Lipinski definition) is 7. The number of nitrogens with zero attached hydrogens (tertiary/aromatic N) is 2. The molecule has 32 heavy (non-hydrogen) atoms. The smallest absolute Gasteiger partial charge is 0.277 e. The van der Waals surface area contributed by atoms with Crippen LogP contribution in [0.5, 0.6) is 11.5 Å². The number of hydrogen-bond donors (Lipinski definition) is 1. The van der Waals surface area contributed by atoms with E-state index < -0.39 is 15.9 Å². The number of sulfonamides is 1. The number of benzene rings is 2. The fourth-order valence-corrected chi connectivity index (χ4v) is 4.44. The van der Waals surface area contributed by atoms with Gasteiger partial charge in [0.2, 0.25) is 10.0 Å². The summed E-state index contributed by atoms with van der Waals surface area (Å²) in [4.78, 5) is 12.3. The Balaban J connectivity index is 1.57. The van der Waals surface area contributed by atoms with Gasteiger partial charge in [-0.15, -0.1) is 0 Å². The highest BCUT2D eigenvalue weighted by molar-refractivity contribution is 7.89. The number of hydrazone groups is 1. The van der Waals surface area contributed by atoms with Crippen molar-refractivity contribution in [1.82, 2.24) is 9.73 Å². The molecule has 0 aliphatic carbocycles. The Bertz CT molecular complexity index is 1050. The minimum atomic E-state index is -3.55. The van der Waals surface area contributed by atoms with E-state index in [-0.39, 0.29) is 11.5 Å². The lowest BCUT2D eigenvalue weighted by Crippen LogP contribution is -2.40. The molecular formula is C22H27N3O6S. The van der Waals surface area contributed by atoms with Gasteiger partial charge in [-0.05, 0) is 43.7 Å². The topological polar surface area (TPSA) is 107 Å². The van der Waals surface area contributed by atoms with Crippen molar-refractivity contribution < 1.29 is 27.4 Å². The number of carbonyl (C=O) groups excluding carboxylic acids is 1. The van der Waals surface area contributed by atoms with Crippen LogP contribution in [0.15, 0.2) is 58.5 Å². The number of amides is 1. The zero-order valence-corrected chi connectivity index (χ0v) is 18.9. The summed E-state index contributed by atoms with van der Waals surface area (Å²) in [5, 5.41) is 4.08. The highest BCUT2D eigenvalue weighted by Crippen LogP contribution is 2.26. The van der Waals surface area contributed by atoms with Crippen LogP contribution in [0.2, 0.25) is 0 Å². The molecule has 1 aliphatic heterocycles. The van der Waals surface area contributed by atoms with Crippen molar-refractivity contribution in [2.75, 3.05) is 39.5 Å². The predicted molar refractivity (Wildman–Crippen MR) is 119 cm³/mol. The van der Waals surface area contributed by atoms with Crippen molar-refractivity contribution in [3.8, 4) is 11.5 Å². The molecule has 3 rings (SSSR count). The molecule has 2 aromatic carbocycles. The average Bonchev–Trinajstić information content (AvgIpc) is 2.83. The van der Waals surface area contributed by atoms with Gasteiger partial charge in [0.05, 0.1) is 30.4 Å². The molecular weight excluding hydrogens is 434 g/mol. The first-order chi connectivity index (χ1) is 15.4. The number of carbonyl (C=O) groups is 1. The van der Waals surface area contributed by atoms with E-state index in [0.717, 1.165) is 0 Å². The van der Waals surface area contributed by atoms with Gasteiger partial charge in [-0.1, -0.05) is 24.3 Å². The second-order valence-electron chi connectivity index (χ2n) is 6.94. The van der Waals surface area contributed by atoms with Crippen molar-refractivity contribution in [3.05, 3.63) is 54.1 Å². The van der Waals surface area contributed by atoms with Gasteiger partial charge in [0.1, 0.15) is 0 Å². The maximum absolute atomic E-state index is 12.7. The van der Waals surface area contributed by atoms with E-state index in [0.29, 0.717) is 55.7 Å². The fraction of sp³-hybridized carbons (Fsp3) is 0.364. The van der Waals surface area contributed by atoms with Crippen molar-refractivity contribution in [2.24, 2.45) is 5.10 Å². The molecule has 2 aromatic rings. The molecule has 172 valence electrons. The molecule has 1 saturated heterocycles. The first-order valence-corrected chi connectivity index (χ1v) is 11.7. The largest absolute Gasteiger partial charge is 0.490 e. The fourth-order valence-electron chi connectivity index (χ4n) is 3.03. The summed E-state index contributed by atoms with van der Waals surface area (Å²) in [5.41, 5.74) is 3.66. The third kappa shape index (κ3) is 6.06. The van der Waals surface area contributed by atoms with Crippen LogP contribution in [-0.4, -0.2) is 63.9 Å². The van der Waals surface area contributed by atoms with Crippen LogP contribution in [0.3, 0.4) is 0 Å². The van der Waals surface area contributed by atoms with Gasteiger partial charge in [-0.2, -0.15) is 9.41 Å². The lowest BCUT2D eigenvalue weighted by Gasteiger charge is -2.26. The third-order valence-corrected chi connectivity index (χ3v) is 6.65. The number of morpholine rings is 1. The van der Waals surface area contributed by atoms with Crippen LogP contribution in [0, 0.1) is 0 Å². The Morgan fingerprint density at radius 2 is 1.69 bits per heavy atom. The lowest BCUT2D eigenvalue weighted by atomic mass is 10.1. The molecule has 1 amide bonds. The Morgan fingerprint density at radius 3 is 2.31 bits per heavy atom. The molecule has 10 heteroatoms. The Hall–Kier alpha value is -2.95. The molecule has 1 heterocycles. The zero-order valence-electron chi connectivity index (χ0n) is 18.1. The Kier molecular flexibility index (Phi) is 8.20. The summed E-state index contributed by atoms with van der Waals surface area (Å²) in [6, 6.07) is 13.5. The second-order valence-corrected chi connectivity index (χ2v) is 8.88. The van der Waals surface area contributed by atoms with E-state index in [1.54, 1.807) is 37.3 Å². The molecule has 0 radical (unpaired) electrons. The van der Waals surface area contributed by atoms with E-state index in [4.69, 9.17) is 14.2 Å². The number of para-hydroxylation sites is 2. The molecule has 1 N–H and O–H groups in total. The minimum Gasteiger partial charge on any atom is -0.490 e. The minimum absolute atomic E-state index is 0.210. The van der Waals surface area contributed by atoms with Gasteiger partial charge in [0.15, 0.2) is 18.1 Å². The monoisotopic (exact) mass is 461 g/mol. The molecule has 1 aliphatic rings. The van der Waals surface area contributed by atoms with Gasteiger partial charge in [-0.25, -0.2) is 13.8 Å². The summed E-state index contributed by atoms with van der Waals surface area (Å²) in [5.74, 6) is 0.610. The van der Waals surface area contributed by atoms with Crippen LogP contribution in [0.25, 0.3) is 0 Å². The molecule has 1 fully saturated rings. The van der Waals surface area contributed by atoms with Crippen LogP contribution in [-0.2, 0) is 19.6 Å². The molecule has 0 atom stereocenters. The zero-order chi connectivity index (χ0) is 23.0. The molecule has 0 unspecified atom stereocenters. The molecule has 0 bridgehead atoms. The first kappa shape index (κ1) is 23.7. The molecule has 9 nitrogen and oxygen atoms in total. The number of rotatable bonds is 9. The van der Waals surface area contributed by atoms with Crippen LogP contribution in [0.1, 0.15) is 19.4 Å². The van der Waals surface area contributed by atoms with E-state index in [2.05, 4.69) is 10.5 Å². The van der Waals surface area contributed by atoms with Gasteiger partial charge in [0, 0.05) is 13.1 Å². The van der Waals surface area contributed by atoms with Gasteiger partial charge in [-0.3, -0.25) is 4.79 Å². The quantitative estimate of drug-likeness (QED) is 0.452. The SMILES string of the molecule is CCOc1ccccc1OCC(=O)N/N=C(\C)c1ccc(S(=O)(=O)N2CCOCC2)cc1. The average molecular weight is 462 g/mol. The normalized spacial score (nSPS) is 15.2. The standard InChI is InChI=1S/C22H27N3O6S/c1-3-30-20-6-4-5-7-21(20)31-16-22(26)24-23-17(2)18-8-10-19(11-9-18)32(27,28)25-12-14-29-15-13-25/h4-11H,3,12-16H2,1-2H3,(H,24,26)/b23-17+. The van der Waals surface area contributed by atoms with Crippen LogP contribution in [0.4, 0.5) is 0 Å². The molecule has 0 aromatic heterocycles. The van der Waals surface area contributed by atoms with Gasteiger partial charge < -0.3 is 14.2 Å². The maximum atomic E-state index is 12.7. The number of ether oxygens (including phenoxy) is 3. The summed E-state index contributed by atoms with van der Waals surface area (Å²) in [6.07, 6.45) is 0. The van der Waals surface area contributed by atoms with Crippen molar-refractivity contribution in [3.63, 3.8) is 0 Å². The van der Waals surface area contributed by atoms with E-state index in [1.165, 1.54) is 16.4 Å². The van der Waals surface area contributed by atoms with Gasteiger partial charge in [0.25, 0.3) is 5.91 Å². The molecule has 0 saturated carbocycles. The van der Waals surface area contributed by atoms with E-state index in [9.17, 15) is 13.2 Å². The summed E-state index contributed by atoms with van der Waals surface area (Å²) < 4.78 is 43.0. The lowest BCUT2D eigenvalue weighted by molar-refractivity contribution is -0.123. The Morgan fingerprint density at radius 1 is 1.06 bits per heavy atom. The third-order valence-electron chi connectivity index (χ3n) is 4.74. The highest BCUT2D eigenvalue weighted by Gasteiger charge is 2.26. The van der Waals surface area contributed by atoms with Crippen LogP contribution < -0.4 is 14.9 Å². The van der Waals surface area contributed by atoms with E-state index >= 15 is 0 Å². The predicted octanol–water partition coefficient (Wildman–Crippen LogP) is 2.03. The van der Waals surface area contributed by atoms with Crippen molar-refractivity contribution >= 4 is 21.6 Å². The van der Waals surface area contributed by atoms with E-state index in [1.807, 2.05) is 13.0 Å². The summed E-state index contributed by atoms with van der Waals surface area (Å²) in [6.45, 7) is 5.32. The summed E-state index contributed by atoms with van der Waals surface area (Å²) in [7, 11) is -3.55. The Labute approximate surface area is 188 Å². The maximum Gasteiger partial charge on any atom is 0.277 e. The highest BCUT2D eigenvalue weighted by atomic mass is 32.2. The number of nitrogens with one attached hydrogen (secondary N) is 1. The first-order valence-electron chi connectivity index (χ1n) is 10.3. The van der Waals surface area contributed by atoms with Crippen molar-refractivity contribution in [1.29, 1.82) is 0 Å². The molecule has 0 spiro atoms. The summed E-state index contributed by atoms with van der Waals surface area (Å²) >= 11 is 0. The van der Waals surface area contributed by atoms with Crippen molar-refractivity contribution in [2.45, 2.75) is 18.7 Å². The second kappa shape index (κ2) is 11.1. The van der Waals surface area contributed by atoms with Gasteiger partial charge >= 0.3 is 0 Å².